The van der Waals surface area contributed by atoms with Crippen molar-refractivity contribution in [2.24, 2.45) is 0 Å². The molecular formula is C25H20N4O2. The van der Waals surface area contributed by atoms with Gasteiger partial charge < -0.3 is 11.5 Å². The number of carbonyl (C=O) groups is 2. The van der Waals surface area contributed by atoms with E-state index >= 15 is 0 Å². The molecule has 6 nitrogen and oxygen atoms in total. The molecule has 2 heterocycles. The third-order valence-electron chi connectivity index (χ3n) is 5.15. The van der Waals surface area contributed by atoms with Gasteiger partial charge in [-0.1, -0.05) is 24.3 Å². The van der Waals surface area contributed by atoms with Gasteiger partial charge in [-0.3, -0.25) is 19.6 Å². The van der Waals surface area contributed by atoms with E-state index in [1.54, 1.807) is 73.3 Å². The number of benzene rings is 2. The topological polar surface area (TPSA) is 112 Å². The number of nitrogens with zero attached hydrogens (tertiary/aromatic N) is 2. The van der Waals surface area contributed by atoms with Crippen molar-refractivity contribution in [2.45, 2.75) is 6.42 Å². The molecule has 0 spiro atoms. The number of anilines is 2. The molecule has 2 aromatic carbocycles. The standard InChI is InChI=1S/C25H20N4O2/c26-22-18(3-1-5-20(22)24(30)16-7-11-28-12-8-16)15-19-4-2-6-21(23(19)27)25(31)17-9-13-29-14-10-17/h1-14H,15,26-27H2. The van der Waals surface area contributed by atoms with Gasteiger partial charge in [-0.15, -0.1) is 0 Å². The molecule has 4 rings (SSSR count). The van der Waals surface area contributed by atoms with Crippen molar-refractivity contribution in [2.75, 3.05) is 11.5 Å². The minimum atomic E-state index is -0.170. The van der Waals surface area contributed by atoms with Gasteiger partial charge in [0.25, 0.3) is 0 Å². The summed E-state index contributed by atoms with van der Waals surface area (Å²) in [5.41, 5.74) is 16.9. The highest BCUT2D eigenvalue weighted by Crippen LogP contribution is 2.27. The predicted molar refractivity (Wildman–Crippen MR) is 120 cm³/mol. The van der Waals surface area contributed by atoms with Gasteiger partial charge in [0.2, 0.25) is 0 Å². The largest absolute Gasteiger partial charge is 0.398 e. The zero-order chi connectivity index (χ0) is 21.8. The van der Waals surface area contributed by atoms with E-state index in [0.29, 0.717) is 40.0 Å². The molecule has 0 aliphatic carbocycles. The van der Waals surface area contributed by atoms with Crippen LogP contribution < -0.4 is 11.5 Å². The lowest BCUT2D eigenvalue weighted by atomic mass is 9.93. The molecule has 0 unspecified atom stereocenters. The molecule has 0 bridgehead atoms. The number of aromatic nitrogens is 2. The Morgan fingerprint density at radius 1 is 0.613 bits per heavy atom. The highest BCUT2D eigenvalue weighted by Gasteiger charge is 2.18. The van der Waals surface area contributed by atoms with Gasteiger partial charge in [-0.2, -0.15) is 0 Å². The summed E-state index contributed by atoms with van der Waals surface area (Å²) >= 11 is 0. The number of ketones is 2. The summed E-state index contributed by atoms with van der Waals surface area (Å²) in [7, 11) is 0. The highest BCUT2D eigenvalue weighted by molar-refractivity contribution is 6.13. The highest BCUT2D eigenvalue weighted by atomic mass is 16.1. The van der Waals surface area contributed by atoms with Crippen LogP contribution in [0.15, 0.2) is 85.5 Å². The lowest BCUT2D eigenvalue weighted by molar-refractivity contribution is 0.103. The molecule has 0 atom stereocenters. The zero-order valence-electron chi connectivity index (χ0n) is 16.7. The molecule has 4 N–H and O–H groups in total. The molecule has 2 aromatic heterocycles. The van der Waals surface area contributed by atoms with Crippen LogP contribution in [0.25, 0.3) is 0 Å². The first-order valence-electron chi connectivity index (χ1n) is 9.70. The summed E-state index contributed by atoms with van der Waals surface area (Å²) in [6.07, 6.45) is 6.67. The van der Waals surface area contributed by atoms with E-state index < -0.39 is 0 Å². The Kier molecular flexibility index (Phi) is 5.53. The summed E-state index contributed by atoms with van der Waals surface area (Å²) in [5.74, 6) is -0.340. The number of rotatable bonds is 6. The Bertz CT molecular complexity index is 1160. The predicted octanol–water partition coefficient (Wildman–Crippen LogP) is 3.69. The van der Waals surface area contributed by atoms with Crippen LogP contribution >= 0.6 is 0 Å². The molecule has 0 amide bonds. The van der Waals surface area contributed by atoms with Crippen LogP contribution in [0.3, 0.4) is 0 Å². The molecule has 0 radical (unpaired) electrons. The van der Waals surface area contributed by atoms with Crippen LogP contribution in [0.2, 0.25) is 0 Å². The van der Waals surface area contributed by atoms with Crippen LogP contribution in [0.5, 0.6) is 0 Å². The van der Waals surface area contributed by atoms with E-state index in [-0.39, 0.29) is 11.6 Å². The minimum Gasteiger partial charge on any atom is -0.398 e. The van der Waals surface area contributed by atoms with Crippen LogP contribution in [0.4, 0.5) is 11.4 Å². The normalized spacial score (nSPS) is 10.6. The van der Waals surface area contributed by atoms with Crippen molar-refractivity contribution >= 4 is 22.9 Å². The maximum absolute atomic E-state index is 12.9. The average Bonchev–Trinajstić information content (AvgIpc) is 2.82. The molecule has 6 heteroatoms. The Hall–Kier alpha value is -4.32. The Labute approximate surface area is 179 Å². The quantitative estimate of drug-likeness (QED) is 0.372. The van der Waals surface area contributed by atoms with Gasteiger partial charge >= 0.3 is 0 Å². The number of nitrogens with two attached hydrogens (primary N) is 2. The number of pyridine rings is 2. The Morgan fingerprint density at radius 3 is 1.39 bits per heavy atom. The Balaban J connectivity index is 1.66. The van der Waals surface area contributed by atoms with Crippen molar-refractivity contribution < 1.29 is 9.59 Å². The van der Waals surface area contributed by atoms with Crippen molar-refractivity contribution in [3.05, 3.63) is 119 Å². The van der Waals surface area contributed by atoms with E-state index in [4.69, 9.17) is 11.5 Å². The van der Waals surface area contributed by atoms with Gasteiger partial charge in [0.1, 0.15) is 0 Å². The maximum atomic E-state index is 12.9. The van der Waals surface area contributed by atoms with Gasteiger partial charge in [-0.05, 0) is 47.5 Å². The van der Waals surface area contributed by atoms with Crippen LogP contribution in [0.1, 0.15) is 43.0 Å². The number of para-hydroxylation sites is 2. The molecular weight excluding hydrogens is 388 g/mol. The van der Waals surface area contributed by atoms with Gasteiger partial charge in [0.15, 0.2) is 11.6 Å². The summed E-state index contributed by atoms with van der Waals surface area (Å²) in [5, 5.41) is 0. The Morgan fingerprint density at radius 2 is 1.00 bits per heavy atom. The van der Waals surface area contributed by atoms with Crippen molar-refractivity contribution in [3.8, 4) is 0 Å². The number of nitrogen functional groups attached to an aromatic ring is 2. The molecule has 0 fully saturated rings. The fourth-order valence-electron chi connectivity index (χ4n) is 3.45. The fraction of sp³-hybridized carbons (Fsp3) is 0.0400. The van der Waals surface area contributed by atoms with E-state index in [0.717, 1.165) is 11.1 Å². The van der Waals surface area contributed by atoms with Gasteiger partial charge in [-0.25, -0.2) is 0 Å². The summed E-state index contributed by atoms with van der Waals surface area (Å²) in [6.45, 7) is 0. The van der Waals surface area contributed by atoms with Crippen LogP contribution in [-0.2, 0) is 6.42 Å². The second-order valence-electron chi connectivity index (χ2n) is 7.06. The van der Waals surface area contributed by atoms with E-state index in [1.165, 1.54) is 0 Å². The zero-order valence-corrected chi connectivity index (χ0v) is 16.7. The van der Waals surface area contributed by atoms with Crippen molar-refractivity contribution in [1.82, 2.24) is 9.97 Å². The second kappa shape index (κ2) is 8.59. The lowest BCUT2D eigenvalue weighted by Gasteiger charge is -2.14. The first-order valence-corrected chi connectivity index (χ1v) is 9.70. The maximum Gasteiger partial charge on any atom is 0.195 e. The molecule has 152 valence electrons. The summed E-state index contributed by atoms with van der Waals surface area (Å²) in [6, 6.07) is 17.3. The first kappa shape index (κ1) is 20.0. The fourth-order valence-corrected chi connectivity index (χ4v) is 3.45. The third kappa shape index (κ3) is 4.04. The average molecular weight is 408 g/mol. The molecule has 0 saturated heterocycles. The minimum absolute atomic E-state index is 0.170. The molecule has 31 heavy (non-hydrogen) atoms. The summed E-state index contributed by atoms with van der Waals surface area (Å²) < 4.78 is 0. The molecule has 0 aliphatic rings. The summed E-state index contributed by atoms with van der Waals surface area (Å²) in [4.78, 5) is 33.6. The molecule has 0 saturated carbocycles. The molecule has 4 aromatic rings. The van der Waals surface area contributed by atoms with Gasteiger partial charge in [0, 0.05) is 64.8 Å². The SMILES string of the molecule is Nc1c(Cc2cccc(C(=O)c3ccncc3)c2N)cccc1C(=O)c1ccncc1. The monoisotopic (exact) mass is 408 g/mol. The molecule has 0 aliphatic heterocycles. The van der Waals surface area contributed by atoms with E-state index in [9.17, 15) is 9.59 Å². The van der Waals surface area contributed by atoms with E-state index in [2.05, 4.69) is 9.97 Å². The second-order valence-corrected chi connectivity index (χ2v) is 7.06. The lowest BCUT2D eigenvalue weighted by Crippen LogP contribution is -2.10. The van der Waals surface area contributed by atoms with Crippen LogP contribution in [0, 0.1) is 0 Å². The number of hydrogen-bond donors (Lipinski definition) is 2. The van der Waals surface area contributed by atoms with Crippen molar-refractivity contribution in [3.63, 3.8) is 0 Å². The smallest absolute Gasteiger partial charge is 0.195 e. The van der Waals surface area contributed by atoms with E-state index in [1.807, 2.05) is 12.1 Å². The van der Waals surface area contributed by atoms with Gasteiger partial charge in [0.05, 0.1) is 0 Å². The third-order valence-corrected chi connectivity index (χ3v) is 5.15. The number of carbonyl (C=O) groups excluding carboxylic acids is 2. The van der Waals surface area contributed by atoms with Crippen LogP contribution in [-0.4, -0.2) is 21.5 Å². The van der Waals surface area contributed by atoms with Crippen molar-refractivity contribution in [1.29, 1.82) is 0 Å². The number of hydrogen-bond acceptors (Lipinski definition) is 6. The first-order chi connectivity index (χ1) is 15.1.